The van der Waals surface area contributed by atoms with E-state index in [0.717, 1.165) is 30.4 Å². The summed E-state index contributed by atoms with van der Waals surface area (Å²) in [6.45, 7) is 2.10. The van der Waals surface area contributed by atoms with Gasteiger partial charge in [-0.2, -0.15) is 0 Å². The van der Waals surface area contributed by atoms with E-state index in [1.807, 2.05) is 18.2 Å². The summed E-state index contributed by atoms with van der Waals surface area (Å²) < 4.78 is 26.5. The van der Waals surface area contributed by atoms with Crippen LogP contribution in [0.25, 0.3) is 0 Å². The fourth-order valence-electron chi connectivity index (χ4n) is 2.56. The van der Waals surface area contributed by atoms with Gasteiger partial charge in [-0.1, -0.05) is 34.1 Å². The predicted octanol–water partition coefficient (Wildman–Crippen LogP) is 4.30. The van der Waals surface area contributed by atoms with Crippen LogP contribution in [0.4, 0.5) is 4.39 Å². The molecule has 1 saturated heterocycles. The van der Waals surface area contributed by atoms with Crippen molar-refractivity contribution in [2.24, 2.45) is 0 Å². The van der Waals surface area contributed by atoms with Crippen molar-refractivity contribution in [3.05, 3.63) is 58.3 Å². The second-order valence-corrected chi connectivity index (χ2v) is 6.45. The molecule has 0 atom stereocenters. The van der Waals surface area contributed by atoms with Crippen molar-refractivity contribution >= 4 is 15.9 Å². The summed E-state index contributed by atoms with van der Waals surface area (Å²) in [5.41, 5.74) is 0.531. The average molecular weight is 380 g/mol. The van der Waals surface area contributed by atoms with E-state index in [4.69, 9.17) is 9.47 Å². The molecule has 0 saturated carbocycles. The van der Waals surface area contributed by atoms with Crippen LogP contribution in [-0.4, -0.2) is 19.2 Å². The van der Waals surface area contributed by atoms with Gasteiger partial charge in [-0.15, -0.1) is 0 Å². The summed E-state index contributed by atoms with van der Waals surface area (Å²) in [6.07, 6.45) is 2.12. The quantitative estimate of drug-likeness (QED) is 0.839. The summed E-state index contributed by atoms with van der Waals surface area (Å²) >= 11 is 3.46. The van der Waals surface area contributed by atoms with Crippen LogP contribution in [-0.2, 0) is 6.61 Å². The van der Waals surface area contributed by atoms with Crippen molar-refractivity contribution in [2.75, 3.05) is 13.1 Å². The first-order valence-electron chi connectivity index (χ1n) is 7.75. The van der Waals surface area contributed by atoms with Crippen LogP contribution in [0.2, 0.25) is 0 Å². The number of halogens is 2. The third-order valence-corrected chi connectivity index (χ3v) is 4.32. The van der Waals surface area contributed by atoms with Gasteiger partial charge in [0.2, 0.25) is 0 Å². The highest BCUT2D eigenvalue weighted by Gasteiger charge is 2.17. The molecule has 0 unspecified atom stereocenters. The minimum Gasteiger partial charge on any atom is -0.486 e. The maximum atomic E-state index is 13.7. The van der Waals surface area contributed by atoms with E-state index < -0.39 is 0 Å². The highest BCUT2D eigenvalue weighted by molar-refractivity contribution is 9.10. The SMILES string of the molecule is Fc1ccccc1COc1ccc(Br)cc1OC1CCNCC1. The molecule has 0 bridgehead atoms. The van der Waals surface area contributed by atoms with Gasteiger partial charge in [-0.3, -0.25) is 0 Å². The Bertz CT molecular complexity index is 659. The van der Waals surface area contributed by atoms with Crippen LogP contribution in [0.1, 0.15) is 18.4 Å². The van der Waals surface area contributed by atoms with Crippen molar-refractivity contribution in [3.63, 3.8) is 0 Å². The molecule has 0 aromatic heterocycles. The van der Waals surface area contributed by atoms with Crippen LogP contribution < -0.4 is 14.8 Å². The van der Waals surface area contributed by atoms with E-state index in [9.17, 15) is 4.39 Å². The van der Waals surface area contributed by atoms with Crippen molar-refractivity contribution in [1.82, 2.24) is 5.32 Å². The summed E-state index contributed by atoms with van der Waals surface area (Å²) in [4.78, 5) is 0. The van der Waals surface area contributed by atoms with Crippen molar-refractivity contribution in [2.45, 2.75) is 25.6 Å². The molecular formula is C18H19BrFNO2. The third-order valence-electron chi connectivity index (χ3n) is 3.83. The molecule has 3 rings (SSSR count). The molecule has 5 heteroatoms. The smallest absolute Gasteiger partial charge is 0.162 e. The van der Waals surface area contributed by atoms with E-state index in [0.29, 0.717) is 17.1 Å². The molecular weight excluding hydrogens is 361 g/mol. The molecule has 2 aromatic carbocycles. The molecule has 2 aromatic rings. The first-order valence-corrected chi connectivity index (χ1v) is 8.55. The Labute approximate surface area is 143 Å². The Kier molecular flexibility index (Phi) is 5.51. The van der Waals surface area contributed by atoms with Crippen LogP contribution in [0, 0.1) is 5.82 Å². The van der Waals surface area contributed by atoms with Gasteiger partial charge in [0, 0.05) is 10.0 Å². The molecule has 0 amide bonds. The van der Waals surface area contributed by atoms with Crippen LogP contribution >= 0.6 is 15.9 Å². The number of nitrogens with one attached hydrogen (secondary N) is 1. The van der Waals surface area contributed by atoms with Gasteiger partial charge in [-0.05, 0) is 50.2 Å². The maximum absolute atomic E-state index is 13.7. The Morgan fingerprint density at radius 3 is 2.65 bits per heavy atom. The molecule has 1 N–H and O–H groups in total. The lowest BCUT2D eigenvalue weighted by molar-refractivity contribution is 0.153. The Morgan fingerprint density at radius 2 is 1.87 bits per heavy atom. The summed E-state index contributed by atoms with van der Waals surface area (Å²) in [5, 5.41) is 3.32. The monoisotopic (exact) mass is 379 g/mol. The van der Waals surface area contributed by atoms with Crippen molar-refractivity contribution < 1.29 is 13.9 Å². The number of piperidine rings is 1. The van der Waals surface area contributed by atoms with E-state index in [1.165, 1.54) is 6.07 Å². The van der Waals surface area contributed by atoms with Gasteiger partial charge in [-0.25, -0.2) is 4.39 Å². The first kappa shape index (κ1) is 16.3. The number of rotatable bonds is 5. The lowest BCUT2D eigenvalue weighted by Crippen LogP contribution is -2.34. The molecule has 0 spiro atoms. The van der Waals surface area contributed by atoms with Gasteiger partial charge < -0.3 is 14.8 Å². The van der Waals surface area contributed by atoms with E-state index in [-0.39, 0.29) is 18.5 Å². The topological polar surface area (TPSA) is 30.5 Å². The molecule has 122 valence electrons. The standard InChI is InChI=1S/C18H19BrFNO2/c19-14-5-6-17(22-12-13-3-1-2-4-16(13)20)18(11-14)23-15-7-9-21-10-8-15/h1-6,11,15,21H,7-10,12H2. The van der Waals surface area contributed by atoms with Crippen molar-refractivity contribution in [3.8, 4) is 11.5 Å². The Morgan fingerprint density at radius 1 is 1.09 bits per heavy atom. The summed E-state index contributed by atoms with van der Waals surface area (Å²) in [5.74, 6) is 1.07. The van der Waals surface area contributed by atoms with Gasteiger partial charge in [0.25, 0.3) is 0 Å². The number of ether oxygens (including phenoxy) is 2. The zero-order valence-corrected chi connectivity index (χ0v) is 14.3. The van der Waals surface area contributed by atoms with E-state index in [1.54, 1.807) is 18.2 Å². The molecule has 0 radical (unpaired) electrons. The zero-order valence-electron chi connectivity index (χ0n) is 12.7. The normalized spacial score (nSPS) is 15.4. The van der Waals surface area contributed by atoms with Gasteiger partial charge in [0.1, 0.15) is 18.5 Å². The van der Waals surface area contributed by atoms with E-state index >= 15 is 0 Å². The fourth-order valence-corrected chi connectivity index (χ4v) is 2.90. The van der Waals surface area contributed by atoms with Crippen LogP contribution in [0.5, 0.6) is 11.5 Å². The van der Waals surface area contributed by atoms with E-state index in [2.05, 4.69) is 21.2 Å². The predicted molar refractivity (Wildman–Crippen MR) is 91.4 cm³/mol. The molecule has 23 heavy (non-hydrogen) atoms. The molecule has 3 nitrogen and oxygen atoms in total. The minimum absolute atomic E-state index is 0.177. The molecule has 1 aliphatic heterocycles. The average Bonchev–Trinajstić information content (AvgIpc) is 2.56. The Hall–Kier alpha value is -1.59. The number of benzene rings is 2. The summed E-state index contributed by atoms with van der Waals surface area (Å²) in [6, 6.07) is 12.3. The van der Waals surface area contributed by atoms with Crippen LogP contribution in [0.3, 0.4) is 0 Å². The highest BCUT2D eigenvalue weighted by Crippen LogP contribution is 2.33. The zero-order chi connectivity index (χ0) is 16.1. The molecule has 1 fully saturated rings. The van der Waals surface area contributed by atoms with Gasteiger partial charge >= 0.3 is 0 Å². The van der Waals surface area contributed by atoms with Gasteiger partial charge in [0.15, 0.2) is 11.5 Å². The maximum Gasteiger partial charge on any atom is 0.162 e. The third kappa shape index (κ3) is 4.45. The molecule has 1 heterocycles. The lowest BCUT2D eigenvalue weighted by Gasteiger charge is -2.25. The highest BCUT2D eigenvalue weighted by atomic mass is 79.9. The van der Waals surface area contributed by atoms with Crippen molar-refractivity contribution in [1.29, 1.82) is 0 Å². The van der Waals surface area contributed by atoms with Gasteiger partial charge in [0.05, 0.1) is 0 Å². The first-order chi connectivity index (χ1) is 11.2. The minimum atomic E-state index is -0.259. The second kappa shape index (κ2) is 7.79. The molecule has 1 aliphatic rings. The largest absolute Gasteiger partial charge is 0.486 e. The Balaban J connectivity index is 1.72. The summed E-state index contributed by atoms with van der Waals surface area (Å²) in [7, 11) is 0. The van der Waals surface area contributed by atoms with Crippen LogP contribution in [0.15, 0.2) is 46.9 Å². The second-order valence-electron chi connectivity index (χ2n) is 5.54. The number of hydrogen-bond acceptors (Lipinski definition) is 3. The lowest BCUT2D eigenvalue weighted by atomic mass is 10.1. The number of hydrogen-bond donors (Lipinski definition) is 1. The molecule has 0 aliphatic carbocycles. The fraction of sp³-hybridized carbons (Fsp3) is 0.333.